The van der Waals surface area contributed by atoms with Gasteiger partial charge in [0.1, 0.15) is 5.52 Å². The summed E-state index contributed by atoms with van der Waals surface area (Å²) in [5.41, 5.74) is 15.5. The summed E-state index contributed by atoms with van der Waals surface area (Å²) < 4.78 is 8.73. The molecular weight excluding hydrogens is 681 g/mol. The van der Waals surface area contributed by atoms with E-state index in [4.69, 9.17) is 9.40 Å². The van der Waals surface area contributed by atoms with Crippen molar-refractivity contribution in [2.24, 2.45) is 0 Å². The number of para-hydroxylation sites is 2. The first kappa shape index (κ1) is 32.0. The summed E-state index contributed by atoms with van der Waals surface area (Å²) in [7, 11) is 0. The minimum absolute atomic E-state index is 0.616. The topological polar surface area (TPSA) is 31.0 Å². The highest BCUT2D eigenvalue weighted by Gasteiger charge is 2.16. The molecule has 0 spiro atoms. The fraction of sp³-hybridized carbons (Fsp3) is 0. The minimum atomic E-state index is 0.616. The van der Waals surface area contributed by atoms with Crippen molar-refractivity contribution in [2.75, 3.05) is 0 Å². The van der Waals surface area contributed by atoms with Crippen LogP contribution in [0.2, 0.25) is 0 Å². The Hall–Kier alpha value is -7.49. The van der Waals surface area contributed by atoms with E-state index in [-0.39, 0.29) is 0 Å². The van der Waals surface area contributed by atoms with Crippen LogP contribution >= 0.6 is 0 Å². The molecule has 56 heavy (non-hydrogen) atoms. The number of hydrogen-bond donors (Lipinski definition) is 0. The van der Waals surface area contributed by atoms with E-state index in [1.807, 2.05) is 6.07 Å². The van der Waals surface area contributed by atoms with Gasteiger partial charge in [-0.05, 0) is 110 Å². The second-order valence-corrected chi connectivity index (χ2v) is 14.3. The summed E-state index contributed by atoms with van der Waals surface area (Å²) in [4.78, 5) is 4.86. The molecule has 3 heteroatoms. The molecule has 2 heterocycles. The van der Waals surface area contributed by atoms with Gasteiger partial charge < -0.3 is 8.98 Å². The molecule has 9 aromatic carbocycles. The van der Waals surface area contributed by atoms with Gasteiger partial charge in [0.25, 0.3) is 0 Å². The summed E-state index contributed by atoms with van der Waals surface area (Å²) in [6.45, 7) is 0. The van der Waals surface area contributed by atoms with E-state index < -0.39 is 0 Å². The van der Waals surface area contributed by atoms with Crippen LogP contribution in [0, 0.1) is 0 Å². The third kappa shape index (κ3) is 5.40. The van der Waals surface area contributed by atoms with Gasteiger partial charge in [-0.15, -0.1) is 0 Å². The number of benzene rings is 9. The van der Waals surface area contributed by atoms with Gasteiger partial charge in [-0.1, -0.05) is 152 Å². The molecule has 2 aromatic heterocycles. The van der Waals surface area contributed by atoms with Crippen LogP contribution in [-0.4, -0.2) is 9.55 Å². The van der Waals surface area contributed by atoms with Gasteiger partial charge in [0.05, 0.1) is 11.0 Å². The van der Waals surface area contributed by atoms with Crippen LogP contribution in [0.15, 0.2) is 211 Å². The van der Waals surface area contributed by atoms with Crippen molar-refractivity contribution in [3.63, 3.8) is 0 Å². The fourth-order valence-electron chi connectivity index (χ4n) is 8.32. The molecule has 262 valence electrons. The molecule has 0 fully saturated rings. The maximum Gasteiger partial charge on any atom is 0.227 e. The lowest BCUT2D eigenvalue weighted by Gasteiger charge is -2.15. The summed E-state index contributed by atoms with van der Waals surface area (Å²) in [5.74, 6) is 0.616. The summed E-state index contributed by atoms with van der Waals surface area (Å²) in [6, 6.07) is 73.5. The van der Waals surface area contributed by atoms with Crippen LogP contribution < -0.4 is 0 Å². The highest BCUT2D eigenvalue weighted by atomic mass is 16.3. The Kier molecular flexibility index (Phi) is 7.49. The molecule has 3 nitrogen and oxygen atoms in total. The highest BCUT2D eigenvalue weighted by molar-refractivity contribution is 6.09. The Balaban J connectivity index is 0.908. The largest absolute Gasteiger partial charge is 0.436 e. The van der Waals surface area contributed by atoms with Gasteiger partial charge in [0.15, 0.2) is 5.58 Å². The van der Waals surface area contributed by atoms with Gasteiger partial charge in [0.2, 0.25) is 5.89 Å². The number of rotatable bonds is 6. The zero-order valence-electron chi connectivity index (χ0n) is 30.4. The number of aromatic nitrogens is 2. The standard InChI is InChI=1S/C53H34N2O/c1-2-12-39-33-40(26-21-35(39)11-1)41-29-32-49-52(34-41)56-53(54-49)38-24-22-36(23-25-38)43-13-3-5-15-45(43)46-16-6-4-14-44(46)37-27-30-42(31-28-37)55-50-19-9-7-17-47(50)48-18-8-10-20-51(48)55/h1-34H. The van der Waals surface area contributed by atoms with E-state index in [2.05, 4.69) is 205 Å². The summed E-state index contributed by atoms with van der Waals surface area (Å²) >= 11 is 0. The fourth-order valence-corrected chi connectivity index (χ4v) is 8.32. The summed E-state index contributed by atoms with van der Waals surface area (Å²) in [5, 5.41) is 4.99. The molecule has 0 saturated heterocycles. The van der Waals surface area contributed by atoms with Crippen molar-refractivity contribution in [1.29, 1.82) is 0 Å². The van der Waals surface area contributed by atoms with Crippen molar-refractivity contribution in [1.82, 2.24) is 9.55 Å². The van der Waals surface area contributed by atoms with E-state index in [1.165, 1.54) is 60.4 Å². The normalized spacial score (nSPS) is 11.6. The molecule has 0 aliphatic rings. The predicted molar refractivity (Wildman–Crippen MR) is 233 cm³/mol. The van der Waals surface area contributed by atoms with Crippen LogP contribution in [0.3, 0.4) is 0 Å². The van der Waals surface area contributed by atoms with Crippen molar-refractivity contribution < 1.29 is 4.42 Å². The SMILES string of the molecule is c1ccc(-c2ccccc2-c2ccc(-n3c4ccccc4c4ccccc43)cc2)c(-c2ccc(-c3nc4ccc(-c5ccc6ccccc6c5)cc4o3)cc2)c1. The van der Waals surface area contributed by atoms with E-state index in [9.17, 15) is 0 Å². The molecular formula is C53H34N2O. The zero-order valence-corrected chi connectivity index (χ0v) is 30.4. The maximum absolute atomic E-state index is 6.37. The number of fused-ring (bicyclic) bond motifs is 5. The Morgan fingerprint density at radius 2 is 0.839 bits per heavy atom. The van der Waals surface area contributed by atoms with E-state index >= 15 is 0 Å². The molecule has 11 rings (SSSR count). The third-order valence-electron chi connectivity index (χ3n) is 11.1. The number of oxazole rings is 1. The van der Waals surface area contributed by atoms with Crippen LogP contribution in [-0.2, 0) is 0 Å². The average molecular weight is 715 g/mol. The zero-order chi connectivity index (χ0) is 37.0. The lowest BCUT2D eigenvalue weighted by atomic mass is 9.89. The second kappa shape index (κ2) is 13.1. The van der Waals surface area contributed by atoms with Crippen LogP contribution in [0.5, 0.6) is 0 Å². The Morgan fingerprint density at radius 3 is 1.50 bits per heavy atom. The van der Waals surface area contributed by atoms with Crippen LogP contribution in [0.4, 0.5) is 0 Å². The van der Waals surface area contributed by atoms with Crippen LogP contribution in [0.25, 0.3) is 105 Å². The minimum Gasteiger partial charge on any atom is -0.436 e. The van der Waals surface area contributed by atoms with Gasteiger partial charge in [-0.3, -0.25) is 0 Å². The van der Waals surface area contributed by atoms with Crippen molar-refractivity contribution in [3.8, 4) is 61.6 Å². The molecule has 0 bridgehead atoms. The highest BCUT2D eigenvalue weighted by Crippen LogP contribution is 2.40. The number of hydrogen-bond acceptors (Lipinski definition) is 2. The average Bonchev–Trinajstić information content (AvgIpc) is 3.86. The third-order valence-corrected chi connectivity index (χ3v) is 11.1. The van der Waals surface area contributed by atoms with Gasteiger partial charge in [0, 0.05) is 22.0 Å². The van der Waals surface area contributed by atoms with Crippen LogP contribution in [0.1, 0.15) is 0 Å². The number of nitrogens with zero attached hydrogens (tertiary/aromatic N) is 2. The first-order chi connectivity index (χ1) is 27.7. The Labute approximate surface area is 324 Å². The molecule has 0 unspecified atom stereocenters. The lowest BCUT2D eigenvalue weighted by molar-refractivity contribution is 0.620. The molecule has 0 aliphatic heterocycles. The van der Waals surface area contributed by atoms with Gasteiger partial charge >= 0.3 is 0 Å². The van der Waals surface area contributed by atoms with E-state index in [0.717, 1.165) is 39.0 Å². The quantitative estimate of drug-likeness (QED) is 0.172. The molecule has 0 amide bonds. The molecule has 0 saturated carbocycles. The smallest absolute Gasteiger partial charge is 0.227 e. The van der Waals surface area contributed by atoms with Gasteiger partial charge in [-0.25, -0.2) is 4.98 Å². The van der Waals surface area contributed by atoms with E-state index in [0.29, 0.717) is 5.89 Å². The maximum atomic E-state index is 6.37. The van der Waals surface area contributed by atoms with Crippen molar-refractivity contribution in [3.05, 3.63) is 206 Å². The van der Waals surface area contributed by atoms with Crippen molar-refractivity contribution >= 4 is 43.7 Å². The van der Waals surface area contributed by atoms with Gasteiger partial charge in [-0.2, -0.15) is 0 Å². The Morgan fingerprint density at radius 1 is 0.357 bits per heavy atom. The second-order valence-electron chi connectivity index (χ2n) is 14.3. The monoisotopic (exact) mass is 714 g/mol. The molecule has 0 N–H and O–H groups in total. The van der Waals surface area contributed by atoms with Crippen molar-refractivity contribution in [2.45, 2.75) is 0 Å². The van der Waals surface area contributed by atoms with E-state index in [1.54, 1.807) is 0 Å². The molecule has 0 radical (unpaired) electrons. The molecule has 11 aromatic rings. The predicted octanol–water partition coefficient (Wildman–Crippen LogP) is 14.4. The Bertz CT molecular complexity index is 3190. The first-order valence-electron chi connectivity index (χ1n) is 19.0. The molecule has 0 aliphatic carbocycles. The first-order valence-corrected chi connectivity index (χ1v) is 19.0. The molecule has 0 atom stereocenters. The lowest BCUT2D eigenvalue weighted by Crippen LogP contribution is -1.94. The summed E-state index contributed by atoms with van der Waals surface area (Å²) in [6.07, 6.45) is 0.